The van der Waals surface area contributed by atoms with E-state index in [0.29, 0.717) is 5.75 Å². The highest BCUT2D eigenvalue weighted by atomic mass is 127. The fraction of sp³-hybridized carbons (Fsp3) is 1.00. The van der Waals surface area contributed by atoms with Gasteiger partial charge in [-0.2, -0.15) is 12.6 Å². The van der Waals surface area contributed by atoms with Crippen molar-refractivity contribution in [2.45, 2.75) is 28.5 Å². The van der Waals surface area contributed by atoms with Gasteiger partial charge in [0, 0.05) is 5.75 Å². The number of hydrogen-bond donors (Lipinski definition) is 4. The van der Waals surface area contributed by atoms with E-state index in [9.17, 15) is 15.3 Å². The van der Waals surface area contributed by atoms with E-state index in [1.165, 1.54) is 0 Å². The molecule has 4 nitrogen and oxygen atoms in total. The SMILES string of the molecule is OC1C(O)[C@H](I)OC(CS)[C@H]1O. The summed E-state index contributed by atoms with van der Waals surface area (Å²) in [5.41, 5.74) is 0. The monoisotopic (exact) mass is 306 g/mol. The normalized spacial score (nSPS) is 49.2. The van der Waals surface area contributed by atoms with Crippen LogP contribution in [-0.2, 0) is 4.74 Å². The predicted molar refractivity (Wildman–Crippen MR) is 54.6 cm³/mol. The third kappa shape index (κ3) is 2.05. The van der Waals surface area contributed by atoms with Crippen molar-refractivity contribution >= 4 is 35.2 Å². The highest BCUT2D eigenvalue weighted by molar-refractivity contribution is 14.1. The van der Waals surface area contributed by atoms with E-state index in [1.54, 1.807) is 0 Å². The summed E-state index contributed by atoms with van der Waals surface area (Å²) in [6.45, 7) is 0. The van der Waals surface area contributed by atoms with E-state index in [2.05, 4.69) is 12.6 Å². The number of aliphatic hydroxyl groups excluding tert-OH is 3. The molecular weight excluding hydrogens is 295 g/mol. The molecule has 0 aromatic rings. The highest BCUT2D eigenvalue weighted by Crippen LogP contribution is 2.25. The topological polar surface area (TPSA) is 69.9 Å². The number of thiol groups is 1. The molecule has 0 spiro atoms. The zero-order valence-corrected chi connectivity index (χ0v) is 9.22. The van der Waals surface area contributed by atoms with Gasteiger partial charge in [0.25, 0.3) is 0 Å². The van der Waals surface area contributed by atoms with Gasteiger partial charge in [0.2, 0.25) is 0 Å². The lowest BCUT2D eigenvalue weighted by atomic mass is 10.0. The lowest BCUT2D eigenvalue weighted by molar-refractivity contribution is -0.186. The molecule has 0 aliphatic carbocycles. The first-order valence-electron chi connectivity index (χ1n) is 3.52. The molecule has 3 unspecified atom stereocenters. The van der Waals surface area contributed by atoms with Crippen LogP contribution < -0.4 is 0 Å². The number of alkyl halides is 1. The summed E-state index contributed by atoms with van der Waals surface area (Å²) in [6, 6.07) is 0. The van der Waals surface area contributed by atoms with Gasteiger partial charge in [-0.3, -0.25) is 0 Å². The van der Waals surface area contributed by atoms with Crippen molar-refractivity contribution in [3.8, 4) is 0 Å². The number of halogens is 1. The largest absolute Gasteiger partial charge is 0.388 e. The molecule has 5 atom stereocenters. The Bertz CT molecular complexity index is 154. The summed E-state index contributed by atoms with van der Waals surface area (Å²) in [4.78, 5) is 0. The van der Waals surface area contributed by atoms with Crippen molar-refractivity contribution in [3.63, 3.8) is 0 Å². The van der Waals surface area contributed by atoms with Crippen LogP contribution in [0.15, 0.2) is 0 Å². The van der Waals surface area contributed by atoms with Gasteiger partial charge in [-0.1, -0.05) is 0 Å². The first-order valence-corrected chi connectivity index (χ1v) is 5.40. The standard InChI is InChI=1S/C6H11IO4S/c7-6-5(10)4(9)3(8)2(1-12)11-6/h2-6,8-10,12H,1H2/t2?,3-,4?,5?,6-/m1/s1. The Kier molecular flexibility index (Phi) is 4.06. The Morgan fingerprint density at radius 1 is 1.17 bits per heavy atom. The quantitative estimate of drug-likeness (QED) is 0.290. The molecule has 1 fully saturated rings. The van der Waals surface area contributed by atoms with Crippen molar-refractivity contribution in [2.75, 3.05) is 5.75 Å². The molecule has 3 N–H and O–H groups in total. The Balaban J connectivity index is 2.63. The minimum absolute atomic E-state index is 0.324. The second-order valence-electron chi connectivity index (χ2n) is 2.68. The molecule has 12 heavy (non-hydrogen) atoms. The van der Waals surface area contributed by atoms with Gasteiger partial charge in [-0.25, -0.2) is 0 Å². The molecule has 0 bridgehead atoms. The van der Waals surface area contributed by atoms with E-state index in [0.717, 1.165) is 0 Å². The first kappa shape index (κ1) is 11.0. The van der Waals surface area contributed by atoms with Crippen molar-refractivity contribution < 1.29 is 20.1 Å². The van der Waals surface area contributed by atoms with Crippen LogP contribution >= 0.6 is 35.2 Å². The number of aliphatic hydroxyl groups is 3. The molecule has 1 rings (SSSR count). The Morgan fingerprint density at radius 3 is 2.25 bits per heavy atom. The zero-order chi connectivity index (χ0) is 9.30. The van der Waals surface area contributed by atoms with Crippen LogP contribution in [0, 0.1) is 0 Å². The molecule has 6 heteroatoms. The molecule has 1 saturated heterocycles. The van der Waals surface area contributed by atoms with E-state index < -0.39 is 28.5 Å². The molecule has 0 aromatic heterocycles. The summed E-state index contributed by atoms with van der Waals surface area (Å²) in [5, 5.41) is 27.9. The van der Waals surface area contributed by atoms with Gasteiger partial charge >= 0.3 is 0 Å². The van der Waals surface area contributed by atoms with Gasteiger partial charge in [-0.05, 0) is 22.6 Å². The number of ether oxygens (including phenoxy) is 1. The lowest BCUT2D eigenvalue weighted by Gasteiger charge is -2.37. The molecule has 1 aliphatic rings. The lowest BCUT2D eigenvalue weighted by Crippen LogP contribution is -2.56. The average molecular weight is 306 g/mol. The summed E-state index contributed by atoms with van der Waals surface area (Å²) in [5.74, 6) is 0.324. The first-order chi connectivity index (χ1) is 5.57. The minimum Gasteiger partial charge on any atom is -0.388 e. The predicted octanol–water partition coefficient (Wildman–Crippen LogP) is -0.841. The van der Waals surface area contributed by atoms with Crippen LogP contribution in [0.2, 0.25) is 0 Å². The highest BCUT2D eigenvalue weighted by Gasteiger charge is 2.41. The van der Waals surface area contributed by atoms with Gasteiger partial charge in [0.15, 0.2) is 0 Å². The summed E-state index contributed by atoms with van der Waals surface area (Å²) in [7, 11) is 0. The number of rotatable bonds is 1. The molecule has 1 heterocycles. The molecule has 0 saturated carbocycles. The third-order valence-electron chi connectivity index (χ3n) is 1.83. The van der Waals surface area contributed by atoms with E-state index in [1.807, 2.05) is 22.6 Å². The Hall–Kier alpha value is 0.920. The van der Waals surface area contributed by atoms with Crippen LogP contribution in [-0.4, -0.2) is 49.6 Å². The van der Waals surface area contributed by atoms with Crippen LogP contribution in [0.25, 0.3) is 0 Å². The maximum absolute atomic E-state index is 9.34. The third-order valence-corrected chi connectivity index (χ3v) is 3.22. The molecule has 72 valence electrons. The molecule has 0 aromatic carbocycles. The van der Waals surface area contributed by atoms with Crippen molar-refractivity contribution in [2.24, 2.45) is 0 Å². The van der Waals surface area contributed by atoms with Gasteiger partial charge in [0.05, 0.1) is 6.10 Å². The Labute approximate surface area is 89.5 Å². The average Bonchev–Trinajstić information content (AvgIpc) is 2.08. The fourth-order valence-corrected chi connectivity index (χ4v) is 2.16. The number of hydrogen-bond acceptors (Lipinski definition) is 5. The molecule has 0 amide bonds. The summed E-state index contributed by atoms with van der Waals surface area (Å²) >= 11 is 5.82. The maximum atomic E-state index is 9.34. The van der Waals surface area contributed by atoms with Crippen molar-refractivity contribution in [1.82, 2.24) is 0 Å². The zero-order valence-electron chi connectivity index (χ0n) is 6.17. The van der Waals surface area contributed by atoms with Gasteiger partial charge in [-0.15, -0.1) is 0 Å². The second kappa shape index (κ2) is 4.43. The van der Waals surface area contributed by atoms with Crippen molar-refractivity contribution in [1.29, 1.82) is 0 Å². The smallest absolute Gasteiger partial charge is 0.137 e. The fourth-order valence-electron chi connectivity index (χ4n) is 1.06. The van der Waals surface area contributed by atoms with Crippen LogP contribution in [0.4, 0.5) is 0 Å². The van der Waals surface area contributed by atoms with E-state index in [4.69, 9.17) is 4.74 Å². The molecule has 1 aliphatic heterocycles. The second-order valence-corrected chi connectivity index (χ2v) is 4.27. The van der Waals surface area contributed by atoms with Crippen LogP contribution in [0.1, 0.15) is 0 Å². The van der Waals surface area contributed by atoms with Crippen LogP contribution in [0.5, 0.6) is 0 Å². The van der Waals surface area contributed by atoms with E-state index in [-0.39, 0.29) is 0 Å². The Morgan fingerprint density at radius 2 is 1.75 bits per heavy atom. The van der Waals surface area contributed by atoms with Crippen molar-refractivity contribution in [3.05, 3.63) is 0 Å². The summed E-state index contributed by atoms with van der Waals surface area (Å²) in [6.07, 6.45) is -3.73. The van der Waals surface area contributed by atoms with E-state index >= 15 is 0 Å². The maximum Gasteiger partial charge on any atom is 0.137 e. The van der Waals surface area contributed by atoms with Gasteiger partial charge in [0.1, 0.15) is 22.4 Å². The molecule has 0 radical (unpaired) electrons. The molecular formula is C6H11IO4S. The minimum atomic E-state index is -1.14. The summed E-state index contributed by atoms with van der Waals surface area (Å²) < 4.78 is 4.69. The van der Waals surface area contributed by atoms with Gasteiger partial charge < -0.3 is 20.1 Å². The van der Waals surface area contributed by atoms with Crippen LogP contribution in [0.3, 0.4) is 0 Å².